The van der Waals surface area contributed by atoms with Gasteiger partial charge in [0, 0.05) is 6.20 Å². The smallest absolute Gasteiger partial charge is 0.339 e. The quantitative estimate of drug-likeness (QED) is 0.908. The lowest BCUT2D eigenvalue weighted by molar-refractivity contribution is 0.0695. The summed E-state index contributed by atoms with van der Waals surface area (Å²) >= 11 is 0. The third-order valence-corrected chi connectivity index (χ3v) is 2.46. The maximum atomic E-state index is 10.9. The van der Waals surface area contributed by atoms with Crippen molar-refractivity contribution < 1.29 is 19.4 Å². The molecule has 0 saturated carbocycles. The Hall–Kier alpha value is -2.63. The maximum absolute atomic E-state index is 10.9. The highest BCUT2D eigenvalue weighted by atomic mass is 16.5. The lowest BCUT2D eigenvalue weighted by atomic mass is 10.2. The number of aryl methyl sites for hydroxylation is 1. The van der Waals surface area contributed by atoms with Gasteiger partial charge in [-0.3, -0.25) is 0 Å². The van der Waals surface area contributed by atoms with Gasteiger partial charge in [0.1, 0.15) is 0 Å². The molecule has 0 fully saturated rings. The zero-order chi connectivity index (χ0) is 13.8. The molecule has 0 spiro atoms. The molecular formula is C13H12N2O4. The number of hydrogen-bond donors (Lipinski definition) is 1. The maximum Gasteiger partial charge on any atom is 0.339 e. The molecular weight excluding hydrogens is 248 g/mol. The Labute approximate surface area is 109 Å². The minimum Gasteiger partial charge on any atom is -0.493 e. The lowest BCUT2D eigenvalue weighted by Gasteiger charge is -2.09. The van der Waals surface area contributed by atoms with Crippen molar-refractivity contribution in [3.05, 3.63) is 41.7 Å². The van der Waals surface area contributed by atoms with Crippen LogP contribution in [0.4, 0.5) is 0 Å². The van der Waals surface area contributed by atoms with Crippen LogP contribution in [-0.2, 0) is 0 Å². The van der Waals surface area contributed by atoms with Crippen LogP contribution in [0.25, 0.3) is 0 Å². The monoisotopic (exact) mass is 260 g/mol. The summed E-state index contributed by atoms with van der Waals surface area (Å²) < 4.78 is 10.6. The van der Waals surface area contributed by atoms with Gasteiger partial charge in [0.05, 0.1) is 18.4 Å². The summed E-state index contributed by atoms with van der Waals surface area (Å²) in [5, 5.41) is 8.89. The molecule has 0 aliphatic rings. The number of benzene rings is 1. The van der Waals surface area contributed by atoms with E-state index in [-0.39, 0.29) is 11.6 Å². The van der Waals surface area contributed by atoms with Gasteiger partial charge in [-0.15, -0.1) is 0 Å². The van der Waals surface area contributed by atoms with Gasteiger partial charge in [0.15, 0.2) is 11.5 Å². The Morgan fingerprint density at radius 2 is 1.95 bits per heavy atom. The fourth-order valence-corrected chi connectivity index (χ4v) is 1.51. The fraction of sp³-hybridized carbons (Fsp3) is 0.154. The molecule has 2 aromatic rings. The largest absolute Gasteiger partial charge is 0.493 e. The average molecular weight is 260 g/mol. The number of ether oxygens (including phenoxy) is 2. The molecule has 0 unspecified atom stereocenters. The number of methoxy groups -OCH3 is 1. The SMILES string of the molecule is COc1ccccc1Oc1ncc(C(=O)O)c(C)n1. The van der Waals surface area contributed by atoms with E-state index in [0.29, 0.717) is 17.2 Å². The zero-order valence-corrected chi connectivity index (χ0v) is 10.5. The summed E-state index contributed by atoms with van der Waals surface area (Å²) in [6, 6.07) is 7.13. The molecule has 0 aliphatic heterocycles. The van der Waals surface area contributed by atoms with Crippen molar-refractivity contribution in [3.8, 4) is 17.5 Å². The van der Waals surface area contributed by atoms with Gasteiger partial charge in [0.25, 0.3) is 0 Å². The van der Waals surface area contributed by atoms with Crippen LogP contribution in [0, 0.1) is 6.92 Å². The first-order valence-electron chi connectivity index (χ1n) is 5.49. The third kappa shape index (κ3) is 2.79. The second-order valence-electron chi connectivity index (χ2n) is 3.71. The van der Waals surface area contributed by atoms with E-state index >= 15 is 0 Å². The summed E-state index contributed by atoms with van der Waals surface area (Å²) in [5.41, 5.74) is 0.389. The van der Waals surface area contributed by atoms with Crippen LogP contribution in [0.15, 0.2) is 30.5 Å². The third-order valence-electron chi connectivity index (χ3n) is 2.46. The number of nitrogens with zero attached hydrogens (tertiary/aromatic N) is 2. The van der Waals surface area contributed by atoms with Crippen LogP contribution < -0.4 is 9.47 Å². The molecule has 19 heavy (non-hydrogen) atoms. The van der Waals surface area contributed by atoms with Gasteiger partial charge in [-0.1, -0.05) is 12.1 Å². The number of aromatic nitrogens is 2. The molecule has 0 atom stereocenters. The molecule has 0 saturated heterocycles. The van der Waals surface area contributed by atoms with Crippen molar-refractivity contribution in [2.75, 3.05) is 7.11 Å². The Kier molecular flexibility index (Phi) is 3.61. The van der Waals surface area contributed by atoms with Crippen molar-refractivity contribution in [2.24, 2.45) is 0 Å². The van der Waals surface area contributed by atoms with Crippen LogP contribution in [0.3, 0.4) is 0 Å². The zero-order valence-electron chi connectivity index (χ0n) is 10.5. The number of carboxylic acid groups (broad SMARTS) is 1. The molecule has 1 heterocycles. The second-order valence-corrected chi connectivity index (χ2v) is 3.71. The summed E-state index contributed by atoms with van der Waals surface area (Å²) in [4.78, 5) is 18.7. The highest BCUT2D eigenvalue weighted by Gasteiger charge is 2.12. The molecule has 98 valence electrons. The van der Waals surface area contributed by atoms with E-state index in [1.807, 2.05) is 6.07 Å². The van der Waals surface area contributed by atoms with E-state index in [1.165, 1.54) is 13.3 Å². The van der Waals surface area contributed by atoms with Crippen molar-refractivity contribution in [1.82, 2.24) is 9.97 Å². The number of aromatic carboxylic acids is 1. The number of carbonyl (C=O) groups is 1. The molecule has 0 amide bonds. The van der Waals surface area contributed by atoms with E-state index in [0.717, 1.165) is 0 Å². The molecule has 6 heteroatoms. The Morgan fingerprint density at radius 1 is 1.26 bits per heavy atom. The summed E-state index contributed by atoms with van der Waals surface area (Å²) in [6.07, 6.45) is 1.22. The van der Waals surface area contributed by atoms with Gasteiger partial charge in [0.2, 0.25) is 0 Å². The van der Waals surface area contributed by atoms with Gasteiger partial charge in [-0.25, -0.2) is 9.78 Å². The van der Waals surface area contributed by atoms with Gasteiger partial charge in [-0.2, -0.15) is 4.98 Å². The lowest BCUT2D eigenvalue weighted by Crippen LogP contribution is -2.04. The second kappa shape index (κ2) is 5.34. The Morgan fingerprint density at radius 3 is 2.53 bits per heavy atom. The van der Waals surface area contributed by atoms with E-state index in [4.69, 9.17) is 14.6 Å². The normalized spacial score (nSPS) is 10.0. The molecule has 0 aliphatic carbocycles. The highest BCUT2D eigenvalue weighted by molar-refractivity contribution is 5.88. The van der Waals surface area contributed by atoms with Crippen LogP contribution in [0.1, 0.15) is 16.1 Å². The van der Waals surface area contributed by atoms with E-state index in [9.17, 15) is 4.79 Å². The summed E-state index contributed by atoms with van der Waals surface area (Å²) in [7, 11) is 1.53. The minimum absolute atomic E-state index is 0.0485. The minimum atomic E-state index is -1.07. The van der Waals surface area contributed by atoms with Crippen LogP contribution in [0.5, 0.6) is 17.5 Å². The molecule has 6 nitrogen and oxygen atoms in total. The highest BCUT2D eigenvalue weighted by Crippen LogP contribution is 2.29. The predicted octanol–water partition coefficient (Wildman–Crippen LogP) is 2.28. The number of rotatable bonds is 4. The number of hydrogen-bond acceptors (Lipinski definition) is 5. The van der Waals surface area contributed by atoms with Crippen molar-refractivity contribution in [3.63, 3.8) is 0 Å². The van der Waals surface area contributed by atoms with Crippen LogP contribution in [0.2, 0.25) is 0 Å². The Bertz CT molecular complexity index is 613. The van der Waals surface area contributed by atoms with Crippen molar-refractivity contribution in [2.45, 2.75) is 6.92 Å². The molecule has 1 aromatic carbocycles. The van der Waals surface area contributed by atoms with Crippen LogP contribution in [-0.4, -0.2) is 28.2 Å². The molecule has 1 aromatic heterocycles. The average Bonchev–Trinajstić information content (AvgIpc) is 2.39. The molecule has 2 rings (SSSR count). The molecule has 0 bridgehead atoms. The molecule has 1 N–H and O–H groups in total. The van der Waals surface area contributed by atoms with Gasteiger partial charge >= 0.3 is 12.0 Å². The molecule has 0 radical (unpaired) electrons. The van der Waals surface area contributed by atoms with Crippen molar-refractivity contribution >= 4 is 5.97 Å². The predicted molar refractivity (Wildman–Crippen MR) is 66.8 cm³/mol. The standard InChI is InChI=1S/C13H12N2O4/c1-8-9(12(16)17)7-14-13(15-8)19-11-6-4-3-5-10(11)18-2/h3-7H,1-2H3,(H,16,17). The number of carboxylic acids is 1. The van der Waals surface area contributed by atoms with Crippen molar-refractivity contribution in [1.29, 1.82) is 0 Å². The topological polar surface area (TPSA) is 81.5 Å². The summed E-state index contributed by atoms with van der Waals surface area (Å²) in [5.74, 6) is -0.0557. The fourth-order valence-electron chi connectivity index (χ4n) is 1.51. The first-order chi connectivity index (χ1) is 9.11. The first-order valence-corrected chi connectivity index (χ1v) is 5.49. The van der Waals surface area contributed by atoms with Gasteiger partial charge in [-0.05, 0) is 19.1 Å². The van der Waals surface area contributed by atoms with E-state index in [1.54, 1.807) is 25.1 Å². The Balaban J connectivity index is 2.29. The van der Waals surface area contributed by atoms with Crippen LogP contribution >= 0.6 is 0 Å². The first kappa shape index (κ1) is 12.8. The van der Waals surface area contributed by atoms with E-state index < -0.39 is 5.97 Å². The number of para-hydroxylation sites is 2. The van der Waals surface area contributed by atoms with Gasteiger partial charge < -0.3 is 14.6 Å². The summed E-state index contributed by atoms with van der Waals surface area (Å²) in [6.45, 7) is 1.58. The van der Waals surface area contributed by atoms with E-state index in [2.05, 4.69) is 9.97 Å².